The molecule has 0 N–H and O–H groups in total. The van der Waals surface area contributed by atoms with Crippen LogP contribution in [0.4, 0.5) is 0 Å². The summed E-state index contributed by atoms with van der Waals surface area (Å²) in [6.07, 6.45) is 0.415. The van der Waals surface area contributed by atoms with E-state index in [0.29, 0.717) is 29.8 Å². The Morgan fingerprint density at radius 1 is 1.16 bits per heavy atom. The molecule has 1 aliphatic heterocycles. The van der Waals surface area contributed by atoms with Crippen LogP contribution in [-0.4, -0.2) is 52.1 Å². The zero-order valence-corrected chi connectivity index (χ0v) is 15.4. The fourth-order valence-electron chi connectivity index (χ4n) is 2.80. The van der Waals surface area contributed by atoms with E-state index < -0.39 is 0 Å². The molecule has 1 aromatic heterocycles. The summed E-state index contributed by atoms with van der Waals surface area (Å²) < 4.78 is 5.66. The number of piperazine rings is 1. The van der Waals surface area contributed by atoms with Crippen LogP contribution >= 0.6 is 11.6 Å². The minimum absolute atomic E-state index is 0.154. The van der Waals surface area contributed by atoms with E-state index in [1.807, 2.05) is 43.0 Å². The third-order valence-electron chi connectivity index (χ3n) is 4.33. The Balaban J connectivity index is 1.47. The van der Waals surface area contributed by atoms with Gasteiger partial charge in [0, 0.05) is 37.1 Å². The molecule has 6 nitrogen and oxygen atoms in total. The second-order valence-corrected chi connectivity index (χ2v) is 7.09. The van der Waals surface area contributed by atoms with Gasteiger partial charge >= 0.3 is 0 Å². The summed E-state index contributed by atoms with van der Waals surface area (Å²) in [5.74, 6) is 1.71. The minimum Gasteiger partial charge on any atom is -0.424 e. The summed E-state index contributed by atoms with van der Waals surface area (Å²) in [6, 6.07) is 7.44. The molecular formula is C18H23ClN4O2. The van der Waals surface area contributed by atoms with Gasteiger partial charge in [-0.25, -0.2) is 0 Å². The Morgan fingerprint density at radius 2 is 1.84 bits per heavy atom. The first-order chi connectivity index (χ1) is 12.0. The van der Waals surface area contributed by atoms with Crippen molar-refractivity contribution >= 4 is 17.5 Å². The number of amides is 1. The molecule has 3 rings (SSSR count). The van der Waals surface area contributed by atoms with Crippen LogP contribution < -0.4 is 0 Å². The second-order valence-electron chi connectivity index (χ2n) is 6.65. The van der Waals surface area contributed by atoms with Gasteiger partial charge in [-0.15, -0.1) is 10.2 Å². The van der Waals surface area contributed by atoms with Crippen LogP contribution in [0.15, 0.2) is 28.7 Å². The van der Waals surface area contributed by atoms with Crippen molar-refractivity contribution in [3.8, 4) is 0 Å². The van der Waals surface area contributed by atoms with Gasteiger partial charge < -0.3 is 9.32 Å². The first kappa shape index (κ1) is 17.9. The van der Waals surface area contributed by atoms with Crippen molar-refractivity contribution in [2.75, 3.05) is 26.2 Å². The van der Waals surface area contributed by atoms with E-state index in [0.717, 1.165) is 31.7 Å². The molecule has 0 spiro atoms. The number of halogens is 1. The second kappa shape index (κ2) is 7.97. The lowest BCUT2D eigenvalue weighted by Crippen LogP contribution is -2.48. The third kappa shape index (κ3) is 4.80. The average Bonchev–Trinajstić information content (AvgIpc) is 3.06. The number of hydrogen-bond acceptors (Lipinski definition) is 5. The fraction of sp³-hybridized carbons (Fsp3) is 0.500. The molecule has 1 aliphatic rings. The van der Waals surface area contributed by atoms with Gasteiger partial charge in [0.25, 0.3) is 0 Å². The van der Waals surface area contributed by atoms with Crippen molar-refractivity contribution in [3.63, 3.8) is 0 Å². The zero-order chi connectivity index (χ0) is 17.8. The van der Waals surface area contributed by atoms with Gasteiger partial charge in [-0.3, -0.25) is 9.69 Å². The molecular weight excluding hydrogens is 340 g/mol. The van der Waals surface area contributed by atoms with Crippen LogP contribution in [0.25, 0.3) is 0 Å². The molecule has 1 fully saturated rings. The molecule has 1 saturated heterocycles. The molecule has 0 unspecified atom stereocenters. The van der Waals surface area contributed by atoms with Gasteiger partial charge in [0.05, 0.1) is 13.0 Å². The third-order valence-corrected chi connectivity index (χ3v) is 4.58. The molecule has 134 valence electrons. The Labute approximate surface area is 152 Å². The van der Waals surface area contributed by atoms with Crippen molar-refractivity contribution < 1.29 is 9.21 Å². The number of carbonyl (C=O) groups excluding carboxylic acids is 1. The Kier molecular flexibility index (Phi) is 5.71. The molecule has 1 amide bonds. The van der Waals surface area contributed by atoms with Crippen LogP contribution in [0.5, 0.6) is 0 Å². The summed E-state index contributed by atoms with van der Waals surface area (Å²) in [7, 11) is 0. The van der Waals surface area contributed by atoms with E-state index in [-0.39, 0.29) is 11.8 Å². The van der Waals surface area contributed by atoms with E-state index in [4.69, 9.17) is 16.0 Å². The van der Waals surface area contributed by atoms with Crippen LogP contribution in [0, 0.1) is 0 Å². The van der Waals surface area contributed by atoms with E-state index in [2.05, 4.69) is 15.1 Å². The summed E-state index contributed by atoms with van der Waals surface area (Å²) in [5, 5.41) is 8.85. The molecule has 1 aromatic carbocycles. The summed E-state index contributed by atoms with van der Waals surface area (Å²) in [4.78, 5) is 16.6. The first-order valence-electron chi connectivity index (χ1n) is 8.58. The maximum atomic E-state index is 12.4. The highest BCUT2D eigenvalue weighted by molar-refractivity contribution is 6.30. The van der Waals surface area contributed by atoms with Gasteiger partial charge in [0.1, 0.15) is 0 Å². The summed E-state index contributed by atoms with van der Waals surface area (Å²) in [5.41, 5.74) is 0.990. The van der Waals surface area contributed by atoms with Gasteiger partial charge in [-0.2, -0.15) is 0 Å². The van der Waals surface area contributed by atoms with Crippen LogP contribution in [0.1, 0.15) is 37.1 Å². The van der Waals surface area contributed by atoms with Crippen molar-refractivity contribution in [2.45, 2.75) is 32.7 Å². The largest absolute Gasteiger partial charge is 0.424 e. The smallest absolute Gasteiger partial charge is 0.230 e. The fourth-order valence-corrected chi connectivity index (χ4v) is 2.93. The normalized spacial score (nSPS) is 15.8. The van der Waals surface area contributed by atoms with Gasteiger partial charge in [0.15, 0.2) is 0 Å². The van der Waals surface area contributed by atoms with Gasteiger partial charge in [-0.1, -0.05) is 37.6 Å². The van der Waals surface area contributed by atoms with Crippen molar-refractivity contribution in [1.29, 1.82) is 0 Å². The standard InChI is InChI=1S/C18H23ClN4O2/c1-13(2)18-21-20-16(25-18)12-22-7-9-23(10-8-22)17(24)11-14-3-5-15(19)6-4-14/h3-6,13H,7-12H2,1-2H3. The highest BCUT2D eigenvalue weighted by Crippen LogP contribution is 2.15. The first-order valence-corrected chi connectivity index (χ1v) is 8.96. The van der Waals surface area contributed by atoms with Gasteiger partial charge in [0.2, 0.25) is 17.7 Å². The molecule has 25 heavy (non-hydrogen) atoms. The predicted molar refractivity (Wildman–Crippen MR) is 95.4 cm³/mol. The topological polar surface area (TPSA) is 62.5 Å². The number of carbonyl (C=O) groups is 1. The molecule has 0 bridgehead atoms. The lowest BCUT2D eigenvalue weighted by molar-refractivity contribution is -0.132. The average molecular weight is 363 g/mol. The molecule has 0 radical (unpaired) electrons. The number of aromatic nitrogens is 2. The Hall–Kier alpha value is -1.92. The molecule has 2 aromatic rings. The van der Waals surface area contributed by atoms with E-state index >= 15 is 0 Å². The number of rotatable bonds is 5. The van der Waals surface area contributed by atoms with Gasteiger partial charge in [-0.05, 0) is 17.7 Å². The lowest BCUT2D eigenvalue weighted by atomic mass is 10.1. The van der Waals surface area contributed by atoms with E-state index in [9.17, 15) is 4.79 Å². The molecule has 0 saturated carbocycles. The number of benzene rings is 1. The van der Waals surface area contributed by atoms with Crippen LogP contribution in [-0.2, 0) is 17.8 Å². The maximum Gasteiger partial charge on any atom is 0.230 e. The van der Waals surface area contributed by atoms with Crippen LogP contribution in [0.3, 0.4) is 0 Å². The SMILES string of the molecule is CC(C)c1nnc(CN2CCN(C(=O)Cc3ccc(Cl)cc3)CC2)o1. The van der Waals surface area contributed by atoms with E-state index in [1.165, 1.54) is 0 Å². The number of hydrogen-bond donors (Lipinski definition) is 0. The zero-order valence-electron chi connectivity index (χ0n) is 14.6. The molecule has 0 aliphatic carbocycles. The van der Waals surface area contributed by atoms with E-state index in [1.54, 1.807) is 0 Å². The summed E-state index contributed by atoms with van der Waals surface area (Å²) in [6.45, 7) is 7.76. The van der Waals surface area contributed by atoms with Crippen molar-refractivity contribution in [1.82, 2.24) is 20.0 Å². The number of nitrogens with zero attached hydrogens (tertiary/aromatic N) is 4. The summed E-state index contributed by atoms with van der Waals surface area (Å²) >= 11 is 5.88. The molecule has 7 heteroatoms. The Morgan fingerprint density at radius 3 is 2.44 bits per heavy atom. The molecule has 0 atom stereocenters. The lowest BCUT2D eigenvalue weighted by Gasteiger charge is -2.34. The van der Waals surface area contributed by atoms with Crippen molar-refractivity contribution in [3.05, 3.63) is 46.6 Å². The monoisotopic (exact) mass is 362 g/mol. The highest BCUT2D eigenvalue weighted by Gasteiger charge is 2.22. The molecule has 2 heterocycles. The van der Waals surface area contributed by atoms with Crippen molar-refractivity contribution in [2.24, 2.45) is 0 Å². The van der Waals surface area contributed by atoms with Crippen LogP contribution in [0.2, 0.25) is 5.02 Å². The minimum atomic E-state index is 0.154. The quantitative estimate of drug-likeness (QED) is 0.818. The maximum absolute atomic E-state index is 12.4. The Bertz CT molecular complexity index is 706. The predicted octanol–water partition coefficient (Wildman–Crippen LogP) is 2.73. The highest BCUT2D eigenvalue weighted by atomic mass is 35.5.